The lowest BCUT2D eigenvalue weighted by atomic mass is 10.2. The molecule has 0 radical (unpaired) electrons. The number of hydrogen-bond acceptors (Lipinski definition) is 6. The number of urea groups is 1. The third-order valence-corrected chi connectivity index (χ3v) is 4.58. The van der Waals surface area contributed by atoms with E-state index in [1.807, 2.05) is 6.07 Å². The molecule has 8 nitrogen and oxygen atoms in total. The third kappa shape index (κ3) is 3.85. The highest BCUT2D eigenvalue weighted by Crippen LogP contribution is 2.26. The van der Waals surface area contributed by atoms with Gasteiger partial charge in [-0.15, -0.1) is 0 Å². The van der Waals surface area contributed by atoms with Gasteiger partial charge in [-0.25, -0.2) is 9.59 Å². The number of carbonyl (C=O) groups excluding carboxylic acids is 3. The minimum absolute atomic E-state index is 0.0144. The summed E-state index contributed by atoms with van der Waals surface area (Å²) in [4.78, 5) is 37.3. The number of furan rings is 2. The molecule has 0 atom stereocenters. The van der Waals surface area contributed by atoms with Crippen LogP contribution in [0.15, 0.2) is 63.1 Å². The van der Waals surface area contributed by atoms with E-state index < -0.39 is 17.9 Å². The summed E-state index contributed by atoms with van der Waals surface area (Å²) in [5.74, 6) is 0.0234. The predicted molar refractivity (Wildman–Crippen MR) is 106 cm³/mol. The Morgan fingerprint density at radius 3 is 2.77 bits per heavy atom. The zero-order chi connectivity index (χ0) is 21.3. The van der Waals surface area contributed by atoms with Gasteiger partial charge in [-0.2, -0.15) is 0 Å². The fraction of sp³-hybridized carbons (Fsp3) is 0.0952. The first-order valence-corrected chi connectivity index (χ1v) is 9.20. The zero-order valence-electron chi connectivity index (χ0n) is 15.7. The molecular formula is C21H15ClN2O6. The number of halogens is 1. The zero-order valence-corrected chi connectivity index (χ0v) is 16.4. The minimum atomic E-state index is -0.646. The van der Waals surface area contributed by atoms with E-state index >= 15 is 0 Å². The Morgan fingerprint density at radius 2 is 2.00 bits per heavy atom. The van der Waals surface area contributed by atoms with E-state index in [9.17, 15) is 14.4 Å². The summed E-state index contributed by atoms with van der Waals surface area (Å²) in [6.07, 6.45) is 1.44. The predicted octanol–water partition coefficient (Wildman–Crippen LogP) is 4.07. The second-order valence-corrected chi connectivity index (χ2v) is 6.79. The van der Waals surface area contributed by atoms with Crippen molar-refractivity contribution < 1.29 is 28.0 Å². The van der Waals surface area contributed by atoms with Gasteiger partial charge in [0, 0.05) is 16.7 Å². The van der Waals surface area contributed by atoms with E-state index in [2.05, 4.69) is 10.1 Å². The van der Waals surface area contributed by atoms with Crippen LogP contribution in [0, 0.1) is 0 Å². The molecule has 1 N–H and O–H groups in total. The number of nitrogens with zero attached hydrogens (tertiary/aromatic N) is 1. The maximum absolute atomic E-state index is 12.6. The normalized spacial score (nSPS) is 15.0. The van der Waals surface area contributed by atoms with Crippen molar-refractivity contribution in [1.82, 2.24) is 10.2 Å². The molecule has 0 saturated carbocycles. The van der Waals surface area contributed by atoms with Crippen molar-refractivity contribution in [2.75, 3.05) is 7.11 Å². The molecule has 1 fully saturated rings. The van der Waals surface area contributed by atoms with Crippen molar-refractivity contribution in [2.24, 2.45) is 0 Å². The van der Waals surface area contributed by atoms with Crippen LogP contribution in [0.3, 0.4) is 0 Å². The van der Waals surface area contributed by atoms with Crippen LogP contribution >= 0.6 is 11.6 Å². The number of ether oxygens (including phenoxy) is 1. The number of amides is 3. The quantitative estimate of drug-likeness (QED) is 0.375. The van der Waals surface area contributed by atoms with E-state index in [0.717, 1.165) is 10.5 Å². The maximum Gasteiger partial charge on any atom is 0.373 e. The van der Waals surface area contributed by atoms with Gasteiger partial charge in [0.15, 0.2) is 0 Å². The average molecular weight is 427 g/mol. The number of methoxy groups -OCH3 is 1. The first-order chi connectivity index (χ1) is 14.4. The minimum Gasteiger partial charge on any atom is -0.463 e. The van der Waals surface area contributed by atoms with E-state index in [-0.39, 0.29) is 23.8 Å². The maximum atomic E-state index is 12.6. The van der Waals surface area contributed by atoms with Gasteiger partial charge in [-0.05, 0) is 36.4 Å². The molecule has 3 heterocycles. The summed E-state index contributed by atoms with van der Waals surface area (Å²) in [5, 5.41) is 3.08. The lowest BCUT2D eigenvalue weighted by molar-refractivity contribution is -0.123. The van der Waals surface area contributed by atoms with Crippen molar-refractivity contribution >= 4 is 35.6 Å². The molecule has 9 heteroatoms. The smallest absolute Gasteiger partial charge is 0.373 e. The number of hydrogen-bond donors (Lipinski definition) is 1. The van der Waals surface area contributed by atoms with E-state index in [1.165, 1.54) is 25.3 Å². The van der Waals surface area contributed by atoms with Gasteiger partial charge in [-0.3, -0.25) is 9.69 Å². The number of rotatable bonds is 5. The Labute approximate surface area is 175 Å². The van der Waals surface area contributed by atoms with Crippen LogP contribution in [0.5, 0.6) is 0 Å². The summed E-state index contributed by atoms with van der Waals surface area (Å²) >= 11 is 6.00. The molecular weight excluding hydrogens is 412 g/mol. The van der Waals surface area contributed by atoms with Crippen LogP contribution < -0.4 is 5.32 Å². The Morgan fingerprint density at radius 1 is 1.17 bits per heavy atom. The van der Waals surface area contributed by atoms with Gasteiger partial charge >= 0.3 is 12.0 Å². The SMILES string of the molecule is COC(=O)c1ccc(CN2C(=O)N/C(=C\c3ccc(-c4cccc(Cl)c4)o3)C2=O)o1. The number of benzene rings is 1. The van der Waals surface area contributed by atoms with Gasteiger partial charge in [0.25, 0.3) is 5.91 Å². The topological polar surface area (TPSA) is 102 Å². The van der Waals surface area contributed by atoms with Crippen molar-refractivity contribution in [3.8, 4) is 11.3 Å². The molecule has 0 unspecified atom stereocenters. The molecule has 152 valence electrons. The van der Waals surface area contributed by atoms with Crippen LogP contribution in [0.4, 0.5) is 4.79 Å². The fourth-order valence-corrected chi connectivity index (χ4v) is 3.10. The van der Waals surface area contributed by atoms with Crippen LogP contribution in [0.1, 0.15) is 22.1 Å². The largest absolute Gasteiger partial charge is 0.463 e. The third-order valence-electron chi connectivity index (χ3n) is 4.35. The monoisotopic (exact) mass is 426 g/mol. The molecule has 4 rings (SSSR count). The highest BCUT2D eigenvalue weighted by molar-refractivity contribution is 6.30. The summed E-state index contributed by atoms with van der Waals surface area (Å²) in [6.45, 7) is -0.134. The molecule has 0 bridgehead atoms. The number of imide groups is 1. The second kappa shape index (κ2) is 7.92. The molecule has 1 aliphatic heterocycles. The molecule has 1 saturated heterocycles. The van der Waals surface area contributed by atoms with Crippen molar-refractivity contribution in [3.63, 3.8) is 0 Å². The summed E-state index contributed by atoms with van der Waals surface area (Å²) < 4.78 is 15.6. The molecule has 2 aromatic heterocycles. The Bertz CT molecular complexity index is 1180. The molecule has 0 spiro atoms. The molecule has 30 heavy (non-hydrogen) atoms. The Balaban J connectivity index is 1.50. The van der Waals surface area contributed by atoms with Crippen LogP contribution in [0.2, 0.25) is 5.02 Å². The van der Waals surface area contributed by atoms with Gasteiger partial charge in [0.1, 0.15) is 23.0 Å². The van der Waals surface area contributed by atoms with Crippen LogP contribution in [-0.4, -0.2) is 29.9 Å². The highest BCUT2D eigenvalue weighted by atomic mass is 35.5. The van der Waals surface area contributed by atoms with Gasteiger partial charge in [0.05, 0.1) is 13.7 Å². The molecule has 3 amide bonds. The summed E-state index contributed by atoms with van der Waals surface area (Å²) in [7, 11) is 1.23. The Kier molecular flexibility index (Phi) is 5.16. The molecule has 1 aromatic carbocycles. The number of nitrogens with one attached hydrogen (secondary N) is 1. The Hall–Kier alpha value is -3.78. The first kappa shape index (κ1) is 19.5. The number of esters is 1. The molecule has 0 aliphatic carbocycles. The van der Waals surface area contributed by atoms with E-state index in [0.29, 0.717) is 16.5 Å². The highest BCUT2D eigenvalue weighted by Gasteiger charge is 2.34. The molecule has 1 aliphatic rings. The van der Waals surface area contributed by atoms with Crippen molar-refractivity contribution in [2.45, 2.75) is 6.54 Å². The fourth-order valence-electron chi connectivity index (χ4n) is 2.91. The van der Waals surface area contributed by atoms with Crippen molar-refractivity contribution in [3.05, 3.63) is 76.5 Å². The standard InChI is InChI=1S/C21H15ClN2O6/c1-28-20(26)18-8-6-15(30-18)11-24-19(25)16(23-21(24)27)10-14-5-7-17(29-14)12-3-2-4-13(22)9-12/h2-10H,11H2,1H3,(H,23,27)/b16-10-. The summed E-state index contributed by atoms with van der Waals surface area (Å²) in [5.41, 5.74) is 0.849. The van der Waals surface area contributed by atoms with E-state index in [1.54, 1.807) is 30.3 Å². The van der Waals surface area contributed by atoms with E-state index in [4.69, 9.17) is 20.4 Å². The number of carbonyl (C=O) groups is 3. The van der Waals surface area contributed by atoms with Gasteiger partial charge in [0.2, 0.25) is 5.76 Å². The van der Waals surface area contributed by atoms with Crippen LogP contribution in [-0.2, 0) is 16.1 Å². The van der Waals surface area contributed by atoms with Gasteiger partial charge < -0.3 is 18.9 Å². The lowest BCUT2D eigenvalue weighted by Crippen LogP contribution is -2.30. The van der Waals surface area contributed by atoms with Gasteiger partial charge in [-0.1, -0.05) is 23.7 Å². The first-order valence-electron chi connectivity index (χ1n) is 8.82. The second-order valence-electron chi connectivity index (χ2n) is 6.35. The lowest BCUT2D eigenvalue weighted by Gasteiger charge is -2.09. The summed E-state index contributed by atoms with van der Waals surface area (Å²) in [6, 6.07) is 12.9. The van der Waals surface area contributed by atoms with Crippen molar-refractivity contribution in [1.29, 1.82) is 0 Å². The van der Waals surface area contributed by atoms with Crippen LogP contribution in [0.25, 0.3) is 17.4 Å². The average Bonchev–Trinajstić information content (AvgIpc) is 3.45. The molecule has 3 aromatic rings.